The van der Waals surface area contributed by atoms with Gasteiger partial charge in [-0.05, 0) is 75.5 Å². The van der Waals surface area contributed by atoms with Gasteiger partial charge in [-0.25, -0.2) is 0 Å². The average molecular weight is 450 g/mol. The summed E-state index contributed by atoms with van der Waals surface area (Å²) >= 11 is 0. The molecule has 1 aromatic carbocycles. The molecule has 0 radical (unpaired) electrons. The van der Waals surface area contributed by atoms with Gasteiger partial charge < -0.3 is 15.5 Å². The zero-order chi connectivity index (χ0) is 23.2. The maximum absolute atomic E-state index is 13.2. The van der Waals surface area contributed by atoms with Gasteiger partial charge in [0, 0.05) is 42.9 Å². The molecule has 1 amide bonds. The fourth-order valence-electron chi connectivity index (χ4n) is 5.14. The van der Waals surface area contributed by atoms with E-state index >= 15 is 0 Å². The van der Waals surface area contributed by atoms with Gasteiger partial charge in [0.2, 0.25) is 5.91 Å². The third-order valence-electron chi connectivity index (χ3n) is 7.13. The number of nitrogens with two attached hydrogens (primary N) is 1. The zero-order valence-electron chi connectivity index (χ0n) is 19.7. The van der Waals surface area contributed by atoms with Crippen LogP contribution in [0.5, 0.6) is 0 Å². The molecule has 0 bridgehead atoms. The molecule has 2 fully saturated rings. The number of hydrogen-bond donors (Lipinski definition) is 1. The molecular formula is C26H35N5O2. The van der Waals surface area contributed by atoms with Crippen molar-refractivity contribution in [2.24, 2.45) is 17.0 Å². The molecule has 176 valence electrons. The molecule has 2 N–H and O–H groups in total. The summed E-state index contributed by atoms with van der Waals surface area (Å²) in [6.45, 7) is 5.63. The number of hydrogen-bond acceptors (Lipinski definition) is 6. The number of aromatic nitrogens is 1. The van der Waals surface area contributed by atoms with Crippen molar-refractivity contribution in [1.29, 1.82) is 0 Å². The van der Waals surface area contributed by atoms with Crippen LogP contribution in [0.2, 0.25) is 0 Å². The molecule has 2 aliphatic rings. The monoisotopic (exact) mass is 449 g/mol. The van der Waals surface area contributed by atoms with Crippen molar-refractivity contribution in [3.8, 4) is 0 Å². The highest BCUT2D eigenvalue weighted by molar-refractivity contribution is 6.00. The van der Waals surface area contributed by atoms with Gasteiger partial charge in [0.15, 0.2) is 0 Å². The summed E-state index contributed by atoms with van der Waals surface area (Å²) in [4.78, 5) is 27.3. The van der Waals surface area contributed by atoms with E-state index in [4.69, 9.17) is 10.6 Å². The molecule has 7 nitrogen and oxygen atoms in total. The van der Waals surface area contributed by atoms with Crippen LogP contribution in [0.15, 0.2) is 53.8 Å². The molecule has 1 aromatic heterocycles. The highest BCUT2D eigenvalue weighted by Gasteiger charge is 2.33. The second-order valence-corrected chi connectivity index (χ2v) is 9.13. The predicted octanol–water partition coefficient (Wildman–Crippen LogP) is 3.73. The van der Waals surface area contributed by atoms with Gasteiger partial charge in [-0.1, -0.05) is 23.4 Å². The Labute approximate surface area is 196 Å². The number of nitrogens with zero attached hydrogens (tertiary/aromatic N) is 4. The molecule has 1 atom stereocenters. The highest BCUT2D eigenvalue weighted by atomic mass is 16.6. The lowest BCUT2D eigenvalue weighted by Gasteiger charge is -2.39. The normalized spacial score (nSPS) is 19.9. The third kappa shape index (κ3) is 5.53. The Bertz CT molecular complexity index is 948. The van der Waals surface area contributed by atoms with Crippen LogP contribution >= 0.6 is 0 Å². The van der Waals surface area contributed by atoms with Gasteiger partial charge in [0.25, 0.3) is 0 Å². The average Bonchev–Trinajstić information content (AvgIpc) is 2.87. The van der Waals surface area contributed by atoms with Gasteiger partial charge in [0.1, 0.15) is 12.8 Å². The molecule has 33 heavy (non-hydrogen) atoms. The molecule has 0 unspecified atom stereocenters. The lowest BCUT2D eigenvalue weighted by molar-refractivity contribution is -0.138. The first-order valence-corrected chi connectivity index (χ1v) is 12.0. The first kappa shape index (κ1) is 23.2. The summed E-state index contributed by atoms with van der Waals surface area (Å²) in [5.74, 6) is 0.687. The minimum Gasteiger partial charge on any atom is -0.399 e. The number of nitrogen functional groups attached to an aromatic ring is 1. The number of carbonyl (C=O) groups excluding carboxylic acids is 1. The quantitative estimate of drug-likeness (QED) is 0.413. The van der Waals surface area contributed by atoms with Crippen molar-refractivity contribution in [1.82, 2.24) is 14.8 Å². The van der Waals surface area contributed by atoms with E-state index in [1.54, 1.807) is 13.3 Å². The van der Waals surface area contributed by atoms with Crippen molar-refractivity contribution in [2.75, 3.05) is 39.0 Å². The molecule has 0 saturated carbocycles. The SMILES string of the molecule is CO/N=C(/c1ccccn1)C1CCN(C(=O)C2CCN([C@H](C)c3cccc(N)c3)CC2)CC1. The summed E-state index contributed by atoms with van der Waals surface area (Å²) in [6.07, 6.45) is 5.37. The van der Waals surface area contributed by atoms with E-state index in [0.29, 0.717) is 11.9 Å². The molecular weight excluding hydrogens is 414 g/mol. The standard InChI is InChI=1S/C26H35N5O2/c1-19(22-6-5-7-23(27)18-22)30-14-11-21(12-15-30)26(32)31-16-9-20(10-17-31)25(29-33-2)24-8-3-4-13-28-24/h3-8,13,18-21H,9-12,14-17,27H2,1-2H3/b29-25+/t19-/m1/s1. The summed E-state index contributed by atoms with van der Waals surface area (Å²) in [5.41, 5.74) is 9.74. The number of rotatable bonds is 6. The predicted molar refractivity (Wildman–Crippen MR) is 131 cm³/mol. The number of amides is 1. The largest absolute Gasteiger partial charge is 0.399 e. The molecule has 3 heterocycles. The van der Waals surface area contributed by atoms with Crippen LogP contribution < -0.4 is 5.73 Å². The lowest BCUT2D eigenvalue weighted by atomic mass is 9.88. The molecule has 0 spiro atoms. The minimum atomic E-state index is 0.119. The van der Waals surface area contributed by atoms with Crippen molar-refractivity contribution in [2.45, 2.75) is 38.6 Å². The maximum Gasteiger partial charge on any atom is 0.225 e. The molecule has 0 aliphatic carbocycles. The Morgan fingerprint density at radius 3 is 2.42 bits per heavy atom. The molecule has 2 saturated heterocycles. The van der Waals surface area contributed by atoms with E-state index in [2.05, 4.69) is 39.0 Å². The van der Waals surface area contributed by atoms with Gasteiger partial charge in [-0.15, -0.1) is 0 Å². The Morgan fingerprint density at radius 2 is 1.79 bits per heavy atom. The number of likely N-dealkylation sites (tertiary alicyclic amines) is 2. The minimum absolute atomic E-state index is 0.119. The van der Waals surface area contributed by atoms with Crippen LogP contribution in [0.3, 0.4) is 0 Å². The van der Waals surface area contributed by atoms with Crippen LogP contribution in [0.4, 0.5) is 5.69 Å². The maximum atomic E-state index is 13.2. The fourth-order valence-corrected chi connectivity index (χ4v) is 5.14. The topological polar surface area (TPSA) is 84.1 Å². The number of benzene rings is 1. The number of pyridine rings is 1. The Hall–Kier alpha value is -2.93. The summed E-state index contributed by atoms with van der Waals surface area (Å²) in [7, 11) is 1.57. The van der Waals surface area contributed by atoms with E-state index in [1.807, 2.05) is 30.3 Å². The number of carbonyl (C=O) groups is 1. The highest BCUT2D eigenvalue weighted by Crippen LogP contribution is 2.30. The van der Waals surface area contributed by atoms with E-state index in [9.17, 15) is 4.79 Å². The molecule has 2 aliphatic heterocycles. The van der Waals surface area contributed by atoms with E-state index in [-0.39, 0.29) is 11.8 Å². The summed E-state index contributed by atoms with van der Waals surface area (Å²) in [5, 5.41) is 4.27. The number of oxime groups is 1. The van der Waals surface area contributed by atoms with Crippen molar-refractivity contribution in [3.63, 3.8) is 0 Å². The number of piperidine rings is 2. The van der Waals surface area contributed by atoms with Crippen LogP contribution in [0.25, 0.3) is 0 Å². The molecule has 2 aromatic rings. The van der Waals surface area contributed by atoms with Crippen LogP contribution in [0, 0.1) is 11.8 Å². The second kappa shape index (κ2) is 10.8. The van der Waals surface area contributed by atoms with Crippen LogP contribution in [0.1, 0.15) is 49.9 Å². The van der Waals surface area contributed by atoms with Gasteiger partial charge in [-0.2, -0.15) is 0 Å². The van der Waals surface area contributed by atoms with Crippen molar-refractivity contribution < 1.29 is 9.63 Å². The van der Waals surface area contributed by atoms with Gasteiger partial charge in [-0.3, -0.25) is 14.7 Å². The summed E-state index contributed by atoms with van der Waals surface area (Å²) < 4.78 is 0. The van der Waals surface area contributed by atoms with Gasteiger partial charge >= 0.3 is 0 Å². The fraction of sp³-hybridized carbons (Fsp3) is 0.500. The first-order chi connectivity index (χ1) is 16.1. The molecule has 7 heteroatoms. The summed E-state index contributed by atoms with van der Waals surface area (Å²) in [6, 6.07) is 14.3. The first-order valence-electron chi connectivity index (χ1n) is 12.0. The van der Waals surface area contributed by atoms with Crippen molar-refractivity contribution in [3.05, 3.63) is 59.9 Å². The Kier molecular flexibility index (Phi) is 7.60. The second-order valence-electron chi connectivity index (χ2n) is 9.13. The zero-order valence-corrected chi connectivity index (χ0v) is 19.7. The van der Waals surface area contributed by atoms with E-state index in [1.165, 1.54) is 5.56 Å². The number of anilines is 1. The van der Waals surface area contributed by atoms with E-state index in [0.717, 1.165) is 69.0 Å². The molecule has 4 rings (SSSR count). The van der Waals surface area contributed by atoms with E-state index < -0.39 is 0 Å². The van der Waals surface area contributed by atoms with Crippen LogP contribution in [-0.4, -0.2) is 59.7 Å². The smallest absolute Gasteiger partial charge is 0.225 e. The van der Waals surface area contributed by atoms with Crippen LogP contribution in [-0.2, 0) is 9.63 Å². The lowest BCUT2D eigenvalue weighted by Crippen LogP contribution is -2.46. The van der Waals surface area contributed by atoms with Gasteiger partial charge in [0.05, 0.1) is 5.69 Å². The Balaban J connectivity index is 1.29. The Morgan fingerprint density at radius 1 is 1.06 bits per heavy atom. The van der Waals surface area contributed by atoms with Crippen molar-refractivity contribution >= 4 is 17.3 Å². The third-order valence-corrected chi connectivity index (χ3v) is 7.13.